The van der Waals surface area contributed by atoms with E-state index in [1.54, 1.807) is 11.6 Å². The van der Waals surface area contributed by atoms with Crippen molar-refractivity contribution < 1.29 is 17.9 Å². The summed E-state index contributed by atoms with van der Waals surface area (Å²) in [4.78, 5) is 16.4. The first-order valence-electron chi connectivity index (χ1n) is 6.44. The standard InChI is InChI=1S/C14H9BF3N3O2/c1-20-7-19-11-12(20)10(15)6-21(13(11)22)8-2-4-9(5-3-8)23-14(16,17)18/h2-7H,1H3. The van der Waals surface area contributed by atoms with Crippen molar-refractivity contribution in [3.8, 4) is 11.4 Å². The van der Waals surface area contributed by atoms with Crippen molar-refractivity contribution in [3.05, 3.63) is 47.1 Å². The van der Waals surface area contributed by atoms with Gasteiger partial charge in [0.05, 0.1) is 11.8 Å². The average molecular weight is 319 g/mol. The van der Waals surface area contributed by atoms with Gasteiger partial charge in [-0.05, 0) is 24.3 Å². The molecular formula is C14H9BF3N3O2. The van der Waals surface area contributed by atoms with Gasteiger partial charge in [0.2, 0.25) is 0 Å². The van der Waals surface area contributed by atoms with Crippen LogP contribution in [0.15, 0.2) is 41.6 Å². The van der Waals surface area contributed by atoms with E-state index in [9.17, 15) is 18.0 Å². The van der Waals surface area contributed by atoms with Gasteiger partial charge in [-0.1, -0.05) is 5.46 Å². The molecule has 0 aliphatic heterocycles. The fraction of sp³-hybridized carbons (Fsp3) is 0.143. The van der Waals surface area contributed by atoms with Crippen molar-refractivity contribution >= 4 is 24.3 Å². The number of alkyl halides is 3. The summed E-state index contributed by atoms with van der Waals surface area (Å²) in [6, 6.07) is 4.90. The molecule has 0 aliphatic rings. The minimum Gasteiger partial charge on any atom is -0.406 e. The second-order valence-electron chi connectivity index (χ2n) is 4.85. The SMILES string of the molecule is [B]c1cn(-c2ccc(OC(F)(F)F)cc2)c(=O)c2ncn(C)c12. The normalized spacial score (nSPS) is 11.8. The molecule has 3 rings (SSSR count). The molecule has 0 saturated carbocycles. The van der Waals surface area contributed by atoms with Crippen LogP contribution in [0.5, 0.6) is 5.75 Å². The van der Waals surface area contributed by atoms with Crippen LogP contribution in [0.2, 0.25) is 0 Å². The molecule has 0 amide bonds. The summed E-state index contributed by atoms with van der Waals surface area (Å²) in [6.45, 7) is 0. The van der Waals surface area contributed by atoms with Crippen LogP contribution in [0.25, 0.3) is 16.7 Å². The zero-order chi connectivity index (χ0) is 16.8. The minimum absolute atomic E-state index is 0.183. The minimum atomic E-state index is -4.77. The van der Waals surface area contributed by atoms with Crippen LogP contribution in [-0.4, -0.2) is 28.3 Å². The number of nitrogens with zero attached hydrogens (tertiary/aromatic N) is 3. The predicted octanol–water partition coefficient (Wildman–Crippen LogP) is 1.42. The lowest BCUT2D eigenvalue weighted by molar-refractivity contribution is -0.274. The lowest BCUT2D eigenvalue weighted by Gasteiger charge is -2.11. The van der Waals surface area contributed by atoms with E-state index < -0.39 is 11.9 Å². The summed E-state index contributed by atoms with van der Waals surface area (Å²) >= 11 is 0. The Balaban J connectivity index is 2.07. The Kier molecular flexibility index (Phi) is 3.43. The molecule has 2 aromatic heterocycles. The maximum atomic E-state index is 12.4. The Bertz CT molecular complexity index is 929. The summed E-state index contributed by atoms with van der Waals surface area (Å²) in [5.41, 5.74) is 0.949. The van der Waals surface area contributed by atoms with Crippen molar-refractivity contribution in [3.63, 3.8) is 0 Å². The van der Waals surface area contributed by atoms with Crippen LogP contribution in [0.1, 0.15) is 0 Å². The molecule has 0 aliphatic carbocycles. The number of hydrogen-bond donors (Lipinski definition) is 0. The fourth-order valence-electron chi connectivity index (χ4n) is 2.30. The summed E-state index contributed by atoms with van der Waals surface area (Å²) in [5, 5.41) is 0. The van der Waals surface area contributed by atoms with Crippen molar-refractivity contribution in [2.45, 2.75) is 6.36 Å². The number of fused-ring (bicyclic) bond motifs is 1. The molecule has 0 fully saturated rings. The van der Waals surface area contributed by atoms with Gasteiger partial charge in [0.1, 0.15) is 13.6 Å². The molecular weight excluding hydrogens is 310 g/mol. The average Bonchev–Trinajstić information content (AvgIpc) is 2.85. The molecule has 5 nitrogen and oxygen atoms in total. The maximum Gasteiger partial charge on any atom is 0.573 e. The number of pyridine rings is 1. The number of halogens is 3. The van der Waals surface area contributed by atoms with E-state index >= 15 is 0 Å². The van der Waals surface area contributed by atoms with E-state index in [-0.39, 0.29) is 11.3 Å². The number of benzene rings is 1. The summed E-state index contributed by atoms with van der Waals surface area (Å²) < 4.78 is 43.1. The maximum absolute atomic E-state index is 12.4. The topological polar surface area (TPSA) is 49.1 Å². The highest BCUT2D eigenvalue weighted by Crippen LogP contribution is 2.23. The smallest absolute Gasteiger partial charge is 0.406 e. The number of aryl methyl sites for hydroxylation is 1. The molecule has 116 valence electrons. The monoisotopic (exact) mass is 319 g/mol. The Morgan fingerprint density at radius 3 is 2.48 bits per heavy atom. The Morgan fingerprint density at radius 1 is 1.22 bits per heavy atom. The van der Waals surface area contributed by atoms with Crippen molar-refractivity contribution in [1.82, 2.24) is 14.1 Å². The van der Waals surface area contributed by atoms with Gasteiger partial charge in [0, 0.05) is 18.9 Å². The van der Waals surface area contributed by atoms with E-state index in [0.29, 0.717) is 16.7 Å². The first-order valence-corrected chi connectivity index (χ1v) is 6.44. The first-order chi connectivity index (χ1) is 10.8. The lowest BCUT2D eigenvalue weighted by atomic mass is 9.96. The van der Waals surface area contributed by atoms with Gasteiger partial charge in [-0.3, -0.25) is 9.36 Å². The molecule has 1 aromatic carbocycles. The molecule has 0 unspecified atom stereocenters. The van der Waals surface area contributed by atoms with E-state index in [0.717, 1.165) is 12.1 Å². The van der Waals surface area contributed by atoms with E-state index in [2.05, 4.69) is 9.72 Å². The third kappa shape index (κ3) is 2.81. The molecule has 0 atom stereocenters. The van der Waals surface area contributed by atoms with Crippen LogP contribution >= 0.6 is 0 Å². The fourth-order valence-corrected chi connectivity index (χ4v) is 2.30. The van der Waals surface area contributed by atoms with Crippen LogP contribution in [0, 0.1) is 0 Å². The summed E-state index contributed by atoms with van der Waals surface area (Å²) in [6.07, 6.45) is -1.89. The second kappa shape index (κ2) is 5.18. The number of aromatic nitrogens is 3. The molecule has 0 saturated heterocycles. The number of ether oxygens (including phenoxy) is 1. The number of hydrogen-bond acceptors (Lipinski definition) is 3. The molecule has 2 radical (unpaired) electrons. The van der Waals surface area contributed by atoms with Crippen molar-refractivity contribution in [2.75, 3.05) is 0 Å². The number of imidazole rings is 1. The van der Waals surface area contributed by atoms with E-state index in [1.807, 2.05) is 0 Å². The second-order valence-corrected chi connectivity index (χ2v) is 4.85. The van der Waals surface area contributed by atoms with Gasteiger partial charge in [-0.15, -0.1) is 13.2 Å². The van der Waals surface area contributed by atoms with Gasteiger partial charge in [-0.25, -0.2) is 4.98 Å². The molecule has 0 spiro atoms. The highest BCUT2D eigenvalue weighted by molar-refractivity contribution is 6.37. The molecule has 3 aromatic rings. The Morgan fingerprint density at radius 2 is 1.87 bits per heavy atom. The van der Waals surface area contributed by atoms with Crippen LogP contribution in [-0.2, 0) is 7.05 Å². The molecule has 0 bridgehead atoms. The molecule has 2 heterocycles. The van der Waals surface area contributed by atoms with E-state index in [4.69, 9.17) is 7.85 Å². The van der Waals surface area contributed by atoms with Crippen LogP contribution < -0.4 is 15.8 Å². The van der Waals surface area contributed by atoms with Crippen molar-refractivity contribution in [2.24, 2.45) is 7.05 Å². The highest BCUT2D eigenvalue weighted by Gasteiger charge is 2.31. The van der Waals surface area contributed by atoms with Crippen LogP contribution in [0.4, 0.5) is 13.2 Å². The lowest BCUT2D eigenvalue weighted by Crippen LogP contribution is -2.25. The largest absolute Gasteiger partial charge is 0.573 e. The highest BCUT2D eigenvalue weighted by atomic mass is 19.4. The Hall–Kier alpha value is -2.71. The van der Waals surface area contributed by atoms with Gasteiger partial charge in [0.15, 0.2) is 5.52 Å². The van der Waals surface area contributed by atoms with Gasteiger partial charge in [-0.2, -0.15) is 0 Å². The van der Waals surface area contributed by atoms with Crippen LogP contribution in [0.3, 0.4) is 0 Å². The van der Waals surface area contributed by atoms with Gasteiger partial charge in [0.25, 0.3) is 5.56 Å². The third-order valence-corrected chi connectivity index (χ3v) is 3.25. The molecule has 9 heteroatoms. The Labute approximate surface area is 129 Å². The molecule has 23 heavy (non-hydrogen) atoms. The zero-order valence-electron chi connectivity index (χ0n) is 11.8. The summed E-state index contributed by atoms with van der Waals surface area (Å²) in [7, 11) is 7.63. The first kappa shape index (κ1) is 15.2. The summed E-state index contributed by atoms with van der Waals surface area (Å²) in [5.74, 6) is -0.374. The third-order valence-electron chi connectivity index (χ3n) is 3.25. The predicted molar refractivity (Wildman–Crippen MR) is 78.4 cm³/mol. The quantitative estimate of drug-likeness (QED) is 0.671. The van der Waals surface area contributed by atoms with Crippen molar-refractivity contribution in [1.29, 1.82) is 0 Å². The van der Waals surface area contributed by atoms with Gasteiger partial charge >= 0.3 is 6.36 Å². The number of rotatable bonds is 2. The van der Waals surface area contributed by atoms with E-state index in [1.165, 1.54) is 29.2 Å². The van der Waals surface area contributed by atoms with Gasteiger partial charge < -0.3 is 9.30 Å². The zero-order valence-corrected chi connectivity index (χ0v) is 11.8. The molecule has 0 N–H and O–H groups in total.